The fourth-order valence-corrected chi connectivity index (χ4v) is 2.17. The monoisotopic (exact) mass is 303 g/mol. The lowest BCUT2D eigenvalue weighted by molar-refractivity contribution is -0.121. The minimum absolute atomic E-state index is 0. The molecule has 0 saturated carbocycles. The molecule has 0 spiro atoms. The second-order valence-corrected chi connectivity index (χ2v) is 5.47. The van der Waals surface area contributed by atoms with Gasteiger partial charge in [0.25, 0.3) is 0 Å². The fourth-order valence-electron chi connectivity index (χ4n) is 2.17. The molecule has 6 nitrogen and oxygen atoms in total. The molecule has 0 unspecified atom stereocenters. The molecule has 1 fully saturated rings. The first kappa shape index (κ1) is 18.4. The lowest BCUT2D eigenvalue weighted by atomic mass is 10.3. The number of nitrogens with zero attached hydrogens (tertiary/aromatic N) is 2. The van der Waals surface area contributed by atoms with Crippen molar-refractivity contribution in [3.63, 3.8) is 0 Å². The van der Waals surface area contributed by atoms with Crippen molar-refractivity contribution in [2.75, 3.05) is 72.7 Å². The van der Waals surface area contributed by atoms with Gasteiger partial charge in [-0.2, -0.15) is 0 Å². The van der Waals surface area contributed by atoms with E-state index in [0.29, 0.717) is 32.8 Å². The summed E-state index contributed by atoms with van der Waals surface area (Å²) in [6, 6.07) is 0. The number of amides is 1. The number of rotatable bonds is 11. The average Bonchev–Trinajstić information content (AvgIpc) is 2.47. The van der Waals surface area contributed by atoms with Gasteiger partial charge in [0.15, 0.2) is 0 Å². The van der Waals surface area contributed by atoms with Gasteiger partial charge in [0.1, 0.15) is 0 Å². The molecule has 1 aliphatic rings. The molecule has 1 N–H and O–H groups in total. The maximum Gasteiger partial charge on any atom is 0.220 e. The topological polar surface area (TPSA) is 54.0 Å². The SMILES string of the molecule is CCCC(=O)NCCOCCOCCN1CCN(C)CC1.[HH]. The Morgan fingerprint density at radius 1 is 1.10 bits per heavy atom. The predicted molar refractivity (Wildman–Crippen MR) is 85.6 cm³/mol. The molecule has 1 heterocycles. The maximum absolute atomic E-state index is 11.2. The Morgan fingerprint density at radius 2 is 1.76 bits per heavy atom. The molecule has 0 atom stereocenters. The zero-order valence-corrected chi connectivity index (χ0v) is 13.6. The number of likely N-dealkylation sites (N-methyl/N-ethyl adjacent to an activating group) is 1. The highest BCUT2D eigenvalue weighted by molar-refractivity contribution is 5.75. The van der Waals surface area contributed by atoms with Gasteiger partial charge in [-0.15, -0.1) is 0 Å². The van der Waals surface area contributed by atoms with Gasteiger partial charge in [-0.3, -0.25) is 9.69 Å². The Bertz CT molecular complexity index is 275. The Morgan fingerprint density at radius 3 is 2.43 bits per heavy atom. The van der Waals surface area contributed by atoms with Crippen molar-refractivity contribution in [2.45, 2.75) is 19.8 Å². The molecule has 1 aliphatic heterocycles. The van der Waals surface area contributed by atoms with E-state index in [0.717, 1.165) is 45.8 Å². The molecule has 21 heavy (non-hydrogen) atoms. The van der Waals surface area contributed by atoms with Gasteiger partial charge < -0.3 is 19.7 Å². The number of ether oxygens (including phenoxy) is 2. The van der Waals surface area contributed by atoms with Crippen LogP contribution in [0.5, 0.6) is 0 Å². The fraction of sp³-hybridized carbons (Fsp3) is 0.933. The van der Waals surface area contributed by atoms with Crippen molar-refractivity contribution >= 4 is 5.91 Å². The molecule has 0 aromatic rings. The molecule has 1 saturated heterocycles. The second-order valence-electron chi connectivity index (χ2n) is 5.47. The number of hydrogen-bond donors (Lipinski definition) is 1. The molecule has 6 heteroatoms. The van der Waals surface area contributed by atoms with Crippen molar-refractivity contribution in [1.29, 1.82) is 0 Å². The van der Waals surface area contributed by atoms with Crippen molar-refractivity contribution in [2.24, 2.45) is 0 Å². The smallest absolute Gasteiger partial charge is 0.220 e. The van der Waals surface area contributed by atoms with E-state index in [1.807, 2.05) is 6.92 Å². The van der Waals surface area contributed by atoms with E-state index < -0.39 is 0 Å². The van der Waals surface area contributed by atoms with Crippen LogP contribution in [0.25, 0.3) is 0 Å². The van der Waals surface area contributed by atoms with Gasteiger partial charge >= 0.3 is 0 Å². The van der Waals surface area contributed by atoms with Crippen molar-refractivity contribution < 1.29 is 15.7 Å². The van der Waals surface area contributed by atoms with Crippen LogP contribution in [0.15, 0.2) is 0 Å². The van der Waals surface area contributed by atoms with Crippen LogP contribution in [0, 0.1) is 0 Å². The third-order valence-corrected chi connectivity index (χ3v) is 3.57. The first-order chi connectivity index (χ1) is 10.2. The lowest BCUT2D eigenvalue weighted by Crippen LogP contribution is -2.45. The van der Waals surface area contributed by atoms with Gasteiger partial charge in [-0.25, -0.2) is 0 Å². The van der Waals surface area contributed by atoms with E-state index in [2.05, 4.69) is 22.2 Å². The highest BCUT2D eigenvalue weighted by Crippen LogP contribution is 1.98. The largest absolute Gasteiger partial charge is 0.378 e. The minimum Gasteiger partial charge on any atom is -0.378 e. The van der Waals surface area contributed by atoms with E-state index in [-0.39, 0.29) is 7.33 Å². The molecule has 0 bridgehead atoms. The van der Waals surface area contributed by atoms with Crippen LogP contribution in [0.4, 0.5) is 0 Å². The summed E-state index contributed by atoms with van der Waals surface area (Å²) in [7, 11) is 2.16. The van der Waals surface area contributed by atoms with Gasteiger partial charge in [0.2, 0.25) is 5.91 Å². The first-order valence-corrected chi connectivity index (χ1v) is 8.05. The summed E-state index contributed by atoms with van der Waals surface area (Å²) in [6.45, 7) is 10.7. The summed E-state index contributed by atoms with van der Waals surface area (Å²) in [5.74, 6) is 0.101. The lowest BCUT2D eigenvalue weighted by Gasteiger charge is -2.32. The zero-order chi connectivity index (χ0) is 15.3. The molecular formula is C15H33N3O3. The van der Waals surface area contributed by atoms with Gasteiger partial charge in [0.05, 0.1) is 26.4 Å². The summed E-state index contributed by atoms with van der Waals surface area (Å²) in [5.41, 5.74) is 0. The number of piperazine rings is 1. The summed E-state index contributed by atoms with van der Waals surface area (Å²) in [6.07, 6.45) is 1.48. The summed E-state index contributed by atoms with van der Waals surface area (Å²) in [5, 5.41) is 2.82. The Hall–Kier alpha value is -0.690. The van der Waals surface area contributed by atoms with Gasteiger partial charge in [0, 0.05) is 47.1 Å². The number of nitrogens with one attached hydrogen (secondary N) is 1. The van der Waals surface area contributed by atoms with E-state index in [4.69, 9.17) is 9.47 Å². The molecule has 1 amide bonds. The first-order valence-electron chi connectivity index (χ1n) is 8.05. The molecule has 1 rings (SSSR count). The van der Waals surface area contributed by atoms with Crippen LogP contribution < -0.4 is 5.32 Å². The molecule has 0 aromatic heterocycles. The van der Waals surface area contributed by atoms with Crippen molar-refractivity contribution in [3.8, 4) is 0 Å². The van der Waals surface area contributed by atoms with Crippen LogP contribution in [-0.4, -0.2) is 88.5 Å². The van der Waals surface area contributed by atoms with E-state index in [1.54, 1.807) is 0 Å². The predicted octanol–water partition coefficient (Wildman–Crippen LogP) is 0.429. The highest BCUT2D eigenvalue weighted by atomic mass is 16.5. The Labute approximate surface area is 130 Å². The quantitative estimate of drug-likeness (QED) is 0.561. The van der Waals surface area contributed by atoms with Crippen molar-refractivity contribution in [1.82, 2.24) is 15.1 Å². The summed E-state index contributed by atoms with van der Waals surface area (Å²) < 4.78 is 11.0. The van der Waals surface area contributed by atoms with Gasteiger partial charge in [-0.1, -0.05) is 6.92 Å². The highest BCUT2D eigenvalue weighted by Gasteiger charge is 2.12. The number of hydrogen-bond acceptors (Lipinski definition) is 5. The maximum atomic E-state index is 11.2. The van der Waals surface area contributed by atoms with E-state index in [9.17, 15) is 4.79 Å². The van der Waals surface area contributed by atoms with Crippen molar-refractivity contribution in [3.05, 3.63) is 0 Å². The zero-order valence-electron chi connectivity index (χ0n) is 13.6. The normalized spacial score (nSPS) is 17.0. The molecule has 0 aromatic carbocycles. The molecular weight excluding hydrogens is 270 g/mol. The Balaban J connectivity index is 0.00000441. The third kappa shape index (κ3) is 9.79. The number of carbonyl (C=O) groups excluding carboxylic acids is 1. The third-order valence-electron chi connectivity index (χ3n) is 3.57. The standard InChI is InChI=1S/C15H31N3O3.H2/c1-3-4-15(19)16-5-11-20-13-14-21-12-10-18-8-6-17(2)7-9-18;/h3-14H2,1-2H3,(H,16,19);1H. The van der Waals surface area contributed by atoms with Crippen LogP contribution >= 0.6 is 0 Å². The summed E-state index contributed by atoms with van der Waals surface area (Å²) in [4.78, 5) is 16.0. The summed E-state index contributed by atoms with van der Waals surface area (Å²) >= 11 is 0. The minimum atomic E-state index is 0. The van der Waals surface area contributed by atoms with Crippen LogP contribution in [-0.2, 0) is 14.3 Å². The van der Waals surface area contributed by atoms with Crippen LogP contribution in [0.3, 0.4) is 0 Å². The average molecular weight is 303 g/mol. The van der Waals surface area contributed by atoms with Crippen LogP contribution in [0.2, 0.25) is 0 Å². The van der Waals surface area contributed by atoms with Gasteiger partial charge in [-0.05, 0) is 13.5 Å². The van der Waals surface area contributed by atoms with E-state index in [1.165, 1.54) is 0 Å². The molecule has 126 valence electrons. The second kappa shape index (κ2) is 11.9. The van der Waals surface area contributed by atoms with Crippen LogP contribution in [0.1, 0.15) is 21.2 Å². The Kier molecular flexibility index (Phi) is 10.4. The molecule has 0 aliphatic carbocycles. The van der Waals surface area contributed by atoms with E-state index >= 15 is 0 Å². The molecule has 0 radical (unpaired) electrons. The number of carbonyl (C=O) groups is 1.